The summed E-state index contributed by atoms with van der Waals surface area (Å²) < 4.78 is 0. The summed E-state index contributed by atoms with van der Waals surface area (Å²) in [5.74, 6) is 2.83. The van der Waals surface area contributed by atoms with E-state index in [9.17, 15) is 0 Å². The van der Waals surface area contributed by atoms with E-state index in [1.54, 1.807) is 5.56 Å². The number of hydrogen-bond acceptors (Lipinski definition) is 1. The topological polar surface area (TPSA) is 12.0 Å². The van der Waals surface area contributed by atoms with Crippen molar-refractivity contribution in [2.45, 2.75) is 38.6 Å². The molecule has 0 saturated heterocycles. The first kappa shape index (κ1) is 13.3. The van der Waals surface area contributed by atoms with Gasteiger partial charge in [0.1, 0.15) is 0 Å². The van der Waals surface area contributed by atoms with Gasteiger partial charge in [-0.1, -0.05) is 49.2 Å². The maximum Gasteiger partial charge on any atom is 0.0360 e. The fourth-order valence-electron chi connectivity index (χ4n) is 4.89. The summed E-state index contributed by atoms with van der Waals surface area (Å²) >= 11 is 0. The highest BCUT2D eigenvalue weighted by atomic mass is 14.9. The minimum absolute atomic E-state index is 0.532. The van der Waals surface area contributed by atoms with Gasteiger partial charge < -0.3 is 5.32 Å². The Bertz CT molecular complexity index is 648. The Morgan fingerprint density at radius 2 is 1.71 bits per heavy atom. The van der Waals surface area contributed by atoms with Crippen LogP contribution in [0.1, 0.15) is 42.9 Å². The predicted octanol–water partition coefficient (Wildman–Crippen LogP) is 4.84. The van der Waals surface area contributed by atoms with Crippen molar-refractivity contribution >= 4 is 10.8 Å². The van der Waals surface area contributed by atoms with Gasteiger partial charge in [0.2, 0.25) is 0 Å². The quantitative estimate of drug-likeness (QED) is 0.847. The molecule has 2 aromatic rings. The number of rotatable bonds is 3. The zero-order valence-electron chi connectivity index (χ0n) is 13.1. The summed E-state index contributed by atoms with van der Waals surface area (Å²) in [5, 5.41) is 6.49. The molecule has 3 unspecified atom stereocenters. The fraction of sp³-hybridized carbons (Fsp3) is 0.500. The lowest BCUT2D eigenvalue weighted by molar-refractivity contribution is 0.480. The molecule has 3 atom stereocenters. The molecule has 0 radical (unpaired) electrons. The van der Waals surface area contributed by atoms with Crippen LogP contribution in [0.25, 0.3) is 10.8 Å². The first-order valence-corrected chi connectivity index (χ1v) is 8.47. The van der Waals surface area contributed by atoms with Crippen LogP contribution in [-0.4, -0.2) is 7.05 Å². The van der Waals surface area contributed by atoms with E-state index in [1.807, 2.05) is 0 Å². The Labute approximate surface area is 127 Å². The standard InChI is InChI=1S/C20H25N/c1-13-11-12-14-7-3-4-8-15(14)18(13)20(21-2)19-16-9-5-6-10-17(16)19/h3-4,7-8,11-12,16-17,19-21H,5-6,9-10H2,1-2H3. The molecule has 110 valence electrons. The molecule has 1 heteroatoms. The summed E-state index contributed by atoms with van der Waals surface area (Å²) in [7, 11) is 2.15. The first-order chi connectivity index (χ1) is 10.3. The van der Waals surface area contributed by atoms with Gasteiger partial charge in [0.25, 0.3) is 0 Å². The normalized spacial score (nSPS) is 29.1. The minimum atomic E-state index is 0.532. The molecule has 21 heavy (non-hydrogen) atoms. The van der Waals surface area contributed by atoms with Crippen molar-refractivity contribution in [3.8, 4) is 0 Å². The van der Waals surface area contributed by atoms with Gasteiger partial charge in [0, 0.05) is 6.04 Å². The van der Waals surface area contributed by atoms with Crippen molar-refractivity contribution in [2.24, 2.45) is 17.8 Å². The molecule has 2 saturated carbocycles. The average molecular weight is 279 g/mol. The zero-order valence-corrected chi connectivity index (χ0v) is 13.1. The highest BCUT2D eigenvalue weighted by Crippen LogP contribution is 2.60. The lowest BCUT2D eigenvalue weighted by Gasteiger charge is -2.22. The zero-order chi connectivity index (χ0) is 14.4. The summed E-state index contributed by atoms with van der Waals surface area (Å²) in [4.78, 5) is 0. The third kappa shape index (κ3) is 2.10. The van der Waals surface area contributed by atoms with E-state index in [0.717, 1.165) is 17.8 Å². The molecule has 2 fully saturated rings. The van der Waals surface area contributed by atoms with Crippen LogP contribution in [0, 0.1) is 24.7 Å². The third-order valence-corrected chi connectivity index (χ3v) is 5.92. The van der Waals surface area contributed by atoms with E-state index in [2.05, 4.69) is 55.7 Å². The second kappa shape index (κ2) is 5.14. The molecule has 0 bridgehead atoms. The van der Waals surface area contributed by atoms with Crippen LogP contribution in [0.2, 0.25) is 0 Å². The molecule has 0 aliphatic heterocycles. The summed E-state index contributed by atoms with van der Waals surface area (Å²) in [5.41, 5.74) is 2.99. The largest absolute Gasteiger partial charge is 0.313 e. The van der Waals surface area contributed by atoms with Crippen molar-refractivity contribution in [1.82, 2.24) is 5.32 Å². The van der Waals surface area contributed by atoms with E-state index in [1.165, 1.54) is 42.0 Å². The third-order valence-electron chi connectivity index (χ3n) is 5.92. The van der Waals surface area contributed by atoms with Crippen molar-refractivity contribution in [1.29, 1.82) is 0 Å². The number of fused-ring (bicyclic) bond motifs is 2. The molecule has 0 aromatic heterocycles. The molecule has 2 aliphatic rings. The Morgan fingerprint density at radius 3 is 2.43 bits per heavy atom. The van der Waals surface area contributed by atoms with E-state index in [-0.39, 0.29) is 0 Å². The predicted molar refractivity (Wildman–Crippen MR) is 89.4 cm³/mol. The minimum Gasteiger partial charge on any atom is -0.313 e. The van der Waals surface area contributed by atoms with Crippen molar-refractivity contribution in [3.05, 3.63) is 47.5 Å². The Hall–Kier alpha value is -1.34. The van der Waals surface area contributed by atoms with Gasteiger partial charge in [0.15, 0.2) is 0 Å². The average Bonchev–Trinajstić information content (AvgIpc) is 3.25. The second-order valence-corrected chi connectivity index (χ2v) is 6.97. The Balaban J connectivity index is 1.79. The Morgan fingerprint density at radius 1 is 1.00 bits per heavy atom. The lowest BCUT2D eigenvalue weighted by atomic mass is 9.90. The van der Waals surface area contributed by atoms with Gasteiger partial charge >= 0.3 is 0 Å². The number of benzene rings is 2. The van der Waals surface area contributed by atoms with E-state index in [4.69, 9.17) is 0 Å². The smallest absolute Gasteiger partial charge is 0.0360 e. The molecule has 2 aromatic carbocycles. The SMILES string of the molecule is CNC(c1c(C)ccc2ccccc12)C1C2CCCCC21. The summed E-state index contributed by atoms with van der Waals surface area (Å²) in [6, 6.07) is 14.0. The number of nitrogens with one attached hydrogen (secondary N) is 1. The van der Waals surface area contributed by atoms with Gasteiger partial charge in [-0.2, -0.15) is 0 Å². The van der Waals surface area contributed by atoms with E-state index in [0.29, 0.717) is 6.04 Å². The van der Waals surface area contributed by atoms with Gasteiger partial charge in [-0.25, -0.2) is 0 Å². The number of aryl methyl sites for hydroxylation is 1. The maximum atomic E-state index is 3.67. The molecule has 0 amide bonds. The van der Waals surface area contributed by atoms with Crippen LogP contribution >= 0.6 is 0 Å². The highest BCUT2D eigenvalue weighted by molar-refractivity contribution is 5.87. The van der Waals surface area contributed by atoms with Crippen molar-refractivity contribution in [2.75, 3.05) is 7.05 Å². The maximum absolute atomic E-state index is 3.67. The highest BCUT2D eigenvalue weighted by Gasteiger charge is 2.54. The van der Waals surface area contributed by atoms with Gasteiger partial charge in [-0.05, 0) is 66.5 Å². The van der Waals surface area contributed by atoms with E-state index < -0.39 is 0 Å². The summed E-state index contributed by atoms with van der Waals surface area (Å²) in [6.45, 7) is 2.28. The summed E-state index contributed by atoms with van der Waals surface area (Å²) in [6.07, 6.45) is 5.81. The Kier molecular flexibility index (Phi) is 3.26. The molecule has 2 aliphatic carbocycles. The molecular weight excluding hydrogens is 254 g/mol. The molecule has 1 N–H and O–H groups in total. The monoisotopic (exact) mass is 279 g/mol. The fourth-order valence-corrected chi connectivity index (χ4v) is 4.89. The van der Waals surface area contributed by atoms with Crippen LogP contribution < -0.4 is 5.32 Å². The van der Waals surface area contributed by atoms with Gasteiger partial charge in [-0.15, -0.1) is 0 Å². The first-order valence-electron chi connectivity index (χ1n) is 8.47. The van der Waals surface area contributed by atoms with Crippen LogP contribution in [0.4, 0.5) is 0 Å². The molecule has 1 nitrogen and oxygen atoms in total. The van der Waals surface area contributed by atoms with Crippen LogP contribution in [0.3, 0.4) is 0 Å². The van der Waals surface area contributed by atoms with Crippen molar-refractivity contribution in [3.63, 3.8) is 0 Å². The van der Waals surface area contributed by atoms with Crippen LogP contribution in [0.15, 0.2) is 36.4 Å². The second-order valence-electron chi connectivity index (χ2n) is 6.97. The van der Waals surface area contributed by atoms with Gasteiger partial charge in [0.05, 0.1) is 0 Å². The molecular formula is C20H25N. The molecule has 4 rings (SSSR count). The molecule has 0 heterocycles. The number of hydrogen-bond donors (Lipinski definition) is 1. The lowest BCUT2D eigenvalue weighted by Crippen LogP contribution is -2.21. The van der Waals surface area contributed by atoms with E-state index >= 15 is 0 Å². The molecule has 0 spiro atoms. The van der Waals surface area contributed by atoms with Crippen molar-refractivity contribution < 1.29 is 0 Å². The van der Waals surface area contributed by atoms with Crippen LogP contribution in [0.5, 0.6) is 0 Å². The van der Waals surface area contributed by atoms with Gasteiger partial charge in [-0.3, -0.25) is 0 Å². The van der Waals surface area contributed by atoms with Crippen LogP contribution in [-0.2, 0) is 0 Å².